The number of benzene rings is 3. The van der Waals surface area contributed by atoms with E-state index in [9.17, 15) is 28.8 Å². The number of anilines is 1. The molecule has 2 atom stereocenters. The van der Waals surface area contributed by atoms with Crippen LogP contribution in [0, 0.1) is 11.8 Å². The second kappa shape index (κ2) is 19.5. The summed E-state index contributed by atoms with van der Waals surface area (Å²) in [6.07, 6.45) is 2.58. The molecule has 0 bridgehead atoms. The topological polar surface area (TPSA) is 200 Å². The van der Waals surface area contributed by atoms with Crippen molar-refractivity contribution < 1.29 is 33.5 Å². The van der Waals surface area contributed by atoms with Crippen LogP contribution in [0.3, 0.4) is 0 Å². The molecule has 5 N–H and O–H groups in total. The minimum absolute atomic E-state index is 0.0176. The highest BCUT2D eigenvalue weighted by molar-refractivity contribution is 6.21. The first kappa shape index (κ1) is 41.8. The molecule has 2 aliphatic rings. The molecule has 0 radical (unpaired) electrons. The van der Waals surface area contributed by atoms with Crippen LogP contribution in [0.15, 0.2) is 95.0 Å². The third-order valence-electron chi connectivity index (χ3n) is 9.45. The molecule has 0 spiro atoms. The number of para-hydroxylation sites is 1. The fourth-order valence-electron chi connectivity index (χ4n) is 6.70. The fraction of sp³-hybridized carbons (Fsp3) is 0.381. The third-order valence-corrected chi connectivity index (χ3v) is 9.45. The summed E-state index contributed by atoms with van der Waals surface area (Å²) in [4.78, 5) is 85.0. The molecule has 6 amide bonds. The summed E-state index contributed by atoms with van der Waals surface area (Å²) in [7, 11) is 1.63. The predicted molar refractivity (Wildman–Crippen MR) is 216 cm³/mol. The maximum absolute atomic E-state index is 14.3. The van der Waals surface area contributed by atoms with Crippen LogP contribution in [0.1, 0.15) is 74.4 Å². The number of rotatable bonds is 13. The summed E-state index contributed by atoms with van der Waals surface area (Å²) in [5.41, 5.74) is 3.98. The molecule has 1 aliphatic heterocycles. The van der Waals surface area contributed by atoms with Crippen LogP contribution in [0.25, 0.3) is 0 Å². The number of aliphatic imine (C=N–C) groups is 1. The number of esters is 1. The Labute approximate surface area is 332 Å². The number of benzodiazepines with no additional fused rings is 1. The molecule has 300 valence electrons. The Hall–Kier alpha value is -6.38. The molecule has 1 saturated carbocycles. The lowest BCUT2D eigenvalue weighted by atomic mass is 9.81. The highest BCUT2D eigenvalue weighted by Crippen LogP contribution is 2.29. The largest absolute Gasteiger partial charge is 0.460 e. The number of urea groups is 1. The van der Waals surface area contributed by atoms with Gasteiger partial charge in [0.25, 0.3) is 11.8 Å². The zero-order valence-corrected chi connectivity index (χ0v) is 32.6. The molecule has 15 heteroatoms. The van der Waals surface area contributed by atoms with Crippen LogP contribution in [0.2, 0.25) is 0 Å². The smallest absolute Gasteiger partial charge is 0.335 e. The molecule has 1 heterocycles. The second-order valence-electron chi connectivity index (χ2n) is 14.9. The van der Waals surface area contributed by atoms with Gasteiger partial charge in [0.05, 0.1) is 23.9 Å². The van der Waals surface area contributed by atoms with Crippen molar-refractivity contribution in [1.82, 2.24) is 26.7 Å². The number of carbonyl (C=O) groups excluding carboxylic acids is 6. The van der Waals surface area contributed by atoms with Gasteiger partial charge in [-0.15, -0.1) is 0 Å². The minimum atomic E-state index is -1.40. The lowest BCUT2D eigenvalue weighted by Crippen LogP contribution is -2.51. The van der Waals surface area contributed by atoms with E-state index < -0.39 is 54.1 Å². The first-order valence-corrected chi connectivity index (χ1v) is 19.0. The van der Waals surface area contributed by atoms with Crippen LogP contribution in [0.4, 0.5) is 10.5 Å². The fourth-order valence-corrected chi connectivity index (χ4v) is 6.70. The van der Waals surface area contributed by atoms with Crippen LogP contribution < -0.4 is 31.6 Å². The van der Waals surface area contributed by atoms with Gasteiger partial charge in [-0.2, -0.15) is 5.10 Å². The molecule has 3 aromatic carbocycles. The van der Waals surface area contributed by atoms with Gasteiger partial charge in [0, 0.05) is 42.4 Å². The highest BCUT2D eigenvalue weighted by Gasteiger charge is 2.35. The van der Waals surface area contributed by atoms with Gasteiger partial charge in [-0.05, 0) is 70.6 Å². The van der Waals surface area contributed by atoms with Gasteiger partial charge < -0.3 is 26.0 Å². The van der Waals surface area contributed by atoms with E-state index in [1.54, 1.807) is 82.4 Å². The van der Waals surface area contributed by atoms with Crippen molar-refractivity contribution in [2.24, 2.45) is 21.9 Å². The number of fused-ring (bicyclic) bond motifs is 1. The summed E-state index contributed by atoms with van der Waals surface area (Å²) in [6.45, 7) is 5.02. The first-order valence-electron chi connectivity index (χ1n) is 19.0. The number of hydrazone groups is 1. The quantitative estimate of drug-likeness (QED) is 0.0990. The predicted octanol–water partition coefficient (Wildman–Crippen LogP) is 3.68. The van der Waals surface area contributed by atoms with Crippen LogP contribution in [-0.4, -0.2) is 85.5 Å². The molecular weight excluding hydrogens is 729 g/mol. The average Bonchev–Trinajstić information content (AvgIpc) is 3.30. The molecule has 1 unspecified atom stereocenters. The maximum atomic E-state index is 14.3. The summed E-state index contributed by atoms with van der Waals surface area (Å²) in [6, 6.07) is 23.0. The summed E-state index contributed by atoms with van der Waals surface area (Å²) in [5, 5.41) is 15.0. The SMILES string of the molecule is CNC(=O)C1CCC(CNC(=O)N/N=C/[C@H](CC(=O)OC(C)(C)C)NC(=O)CN2C(=O)C(NC(=O)c3ccccc3)N=C(c3ccccc3)c3ccccc32)CC1. The number of hydrogen-bond donors (Lipinski definition) is 5. The van der Waals surface area contributed by atoms with E-state index in [1.807, 2.05) is 30.3 Å². The Morgan fingerprint density at radius 3 is 2.23 bits per heavy atom. The Morgan fingerprint density at radius 1 is 0.912 bits per heavy atom. The van der Waals surface area contributed by atoms with E-state index in [4.69, 9.17) is 9.73 Å². The summed E-state index contributed by atoms with van der Waals surface area (Å²) in [5.74, 6) is -2.25. The number of ether oxygens (including phenoxy) is 1. The Bertz CT molecular complexity index is 1970. The van der Waals surface area contributed by atoms with Crippen molar-refractivity contribution in [2.75, 3.05) is 25.0 Å². The Kier molecular flexibility index (Phi) is 14.3. The van der Waals surface area contributed by atoms with Crippen LogP contribution in [0.5, 0.6) is 0 Å². The van der Waals surface area contributed by atoms with Crippen LogP contribution in [-0.2, 0) is 23.9 Å². The first-order chi connectivity index (χ1) is 27.3. The lowest BCUT2D eigenvalue weighted by molar-refractivity contribution is -0.155. The van der Waals surface area contributed by atoms with Crippen molar-refractivity contribution in [3.63, 3.8) is 0 Å². The number of nitrogens with zero attached hydrogens (tertiary/aromatic N) is 3. The monoisotopic (exact) mass is 778 g/mol. The standard InChI is InChI=1S/C42H50N8O7/c1-42(2,3)57-35(52)23-31(25-45-49-41(56)44-24-27-19-21-30(22-20-27)38(53)43-4)46-34(51)26-50-33-18-12-11-17-32(33)36(28-13-7-5-8-14-28)47-37(40(50)55)48-39(54)29-15-9-6-10-16-29/h5-18,25,27,30-31,37H,19-24,26H2,1-4H3,(H,43,53)(H,46,51)(H,48,54)(H2,44,49,56)/b45-25+/t27?,30?,31-,37?/m0/s1. The number of amides is 6. The van der Waals surface area contributed by atoms with E-state index in [1.165, 1.54) is 11.1 Å². The van der Waals surface area contributed by atoms with Crippen molar-refractivity contribution in [1.29, 1.82) is 0 Å². The van der Waals surface area contributed by atoms with Crippen molar-refractivity contribution in [2.45, 2.75) is 70.7 Å². The van der Waals surface area contributed by atoms with E-state index in [0.29, 0.717) is 34.6 Å². The van der Waals surface area contributed by atoms with Gasteiger partial charge in [-0.3, -0.25) is 28.9 Å². The van der Waals surface area contributed by atoms with E-state index >= 15 is 0 Å². The molecule has 0 saturated heterocycles. The van der Waals surface area contributed by atoms with Gasteiger partial charge in [-0.1, -0.05) is 66.7 Å². The zero-order chi connectivity index (χ0) is 41.0. The highest BCUT2D eigenvalue weighted by atomic mass is 16.6. The van der Waals surface area contributed by atoms with E-state index in [0.717, 1.165) is 25.7 Å². The Morgan fingerprint density at radius 2 is 1.56 bits per heavy atom. The number of carbonyl (C=O) groups is 6. The maximum Gasteiger partial charge on any atom is 0.335 e. The third kappa shape index (κ3) is 12.1. The summed E-state index contributed by atoms with van der Waals surface area (Å²) >= 11 is 0. The van der Waals surface area contributed by atoms with Crippen molar-refractivity contribution in [3.05, 3.63) is 102 Å². The molecule has 57 heavy (non-hydrogen) atoms. The van der Waals surface area contributed by atoms with Crippen molar-refractivity contribution in [3.8, 4) is 0 Å². The molecule has 5 rings (SSSR count). The number of nitrogens with one attached hydrogen (secondary N) is 5. The summed E-state index contributed by atoms with van der Waals surface area (Å²) < 4.78 is 5.49. The van der Waals surface area contributed by atoms with Gasteiger partial charge in [0.2, 0.25) is 18.0 Å². The van der Waals surface area contributed by atoms with Gasteiger partial charge >= 0.3 is 12.0 Å². The zero-order valence-electron chi connectivity index (χ0n) is 32.6. The molecule has 1 fully saturated rings. The van der Waals surface area contributed by atoms with Crippen LogP contribution >= 0.6 is 0 Å². The Balaban J connectivity index is 1.32. The average molecular weight is 779 g/mol. The van der Waals surface area contributed by atoms with E-state index in [2.05, 4.69) is 31.8 Å². The lowest BCUT2D eigenvalue weighted by Gasteiger charge is -2.27. The molecule has 1 aliphatic carbocycles. The van der Waals surface area contributed by atoms with Gasteiger partial charge in [0.15, 0.2) is 0 Å². The second-order valence-corrected chi connectivity index (χ2v) is 14.9. The molecular formula is C42H50N8O7. The molecule has 0 aromatic heterocycles. The molecule has 15 nitrogen and oxygen atoms in total. The van der Waals surface area contributed by atoms with Crippen molar-refractivity contribution >= 4 is 53.2 Å². The van der Waals surface area contributed by atoms with Gasteiger partial charge in [-0.25, -0.2) is 15.2 Å². The van der Waals surface area contributed by atoms with E-state index in [-0.39, 0.29) is 24.2 Å². The normalized spacial score (nSPS) is 18.6. The van der Waals surface area contributed by atoms with Gasteiger partial charge in [0.1, 0.15) is 12.1 Å². The number of hydrogen-bond acceptors (Lipinski definition) is 9. The minimum Gasteiger partial charge on any atom is -0.460 e. The molecule has 3 aromatic rings.